The van der Waals surface area contributed by atoms with E-state index in [1.807, 2.05) is 19.0 Å². The summed E-state index contributed by atoms with van der Waals surface area (Å²) < 4.78 is 40.3. The van der Waals surface area contributed by atoms with Crippen LogP contribution in [-0.2, 0) is 16.6 Å². The van der Waals surface area contributed by atoms with Gasteiger partial charge in [0.15, 0.2) is 0 Å². The maximum absolute atomic E-state index is 13.9. The summed E-state index contributed by atoms with van der Waals surface area (Å²) in [5.74, 6) is -0.738. The van der Waals surface area contributed by atoms with Crippen LogP contribution in [0.1, 0.15) is 18.9 Å². The van der Waals surface area contributed by atoms with Crippen molar-refractivity contribution >= 4 is 10.0 Å². The molecule has 0 fully saturated rings. The van der Waals surface area contributed by atoms with E-state index >= 15 is 0 Å². The smallest absolute Gasteiger partial charge is 0.245 e. The van der Waals surface area contributed by atoms with Crippen LogP contribution in [0.3, 0.4) is 0 Å². The van der Waals surface area contributed by atoms with Crippen LogP contribution < -0.4 is 5.73 Å². The molecule has 120 valence electrons. The average molecular weight is 317 g/mol. The molecule has 0 saturated heterocycles. The summed E-state index contributed by atoms with van der Waals surface area (Å²) in [4.78, 5) is 1.69. The van der Waals surface area contributed by atoms with Crippen molar-refractivity contribution in [3.8, 4) is 0 Å². The highest BCUT2D eigenvalue weighted by Crippen LogP contribution is 2.21. The molecule has 1 rings (SSSR count). The zero-order valence-corrected chi connectivity index (χ0v) is 13.7. The Labute approximate surface area is 126 Å². The van der Waals surface area contributed by atoms with E-state index < -0.39 is 15.8 Å². The van der Waals surface area contributed by atoms with Crippen LogP contribution in [0.15, 0.2) is 23.1 Å². The van der Waals surface area contributed by atoms with Gasteiger partial charge >= 0.3 is 0 Å². The van der Waals surface area contributed by atoms with Crippen LogP contribution in [0.2, 0.25) is 0 Å². The Kier molecular flexibility index (Phi) is 6.73. The number of rotatable bonds is 8. The van der Waals surface area contributed by atoms with Gasteiger partial charge in [0.25, 0.3) is 0 Å². The van der Waals surface area contributed by atoms with E-state index in [4.69, 9.17) is 5.73 Å². The lowest BCUT2D eigenvalue weighted by Crippen LogP contribution is -2.34. The molecular formula is C14H24FN3O2S. The Hall–Kier alpha value is -1.02. The number of nitrogens with zero attached hydrogens (tertiary/aromatic N) is 2. The normalized spacial score (nSPS) is 12.3. The standard InChI is InChI=1S/C14H24FN3O2S/c1-4-18(9-5-8-17(2)3)21(19,20)14-10-12(11-16)6-7-13(14)15/h6-7,10H,4-5,8-9,11,16H2,1-3H3. The second-order valence-electron chi connectivity index (χ2n) is 5.12. The molecule has 0 heterocycles. The monoisotopic (exact) mass is 317 g/mol. The van der Waals surface area contributed by atoms with Gasteiger partial charge in [-0.3, -0.25) is 0 Å². The van der Waals surface area contributed by atoms with Crippen LogP contribution in [0.5, 0.6) is 0 Å². The molecule has 0 amide bonds. The SMILES string of the molecule is CCN(CCCN(C)C)S(=O)(=O)c1cc(CN)ccc1F. The largest absolute Gasteiger partial charge is 0.326 e. The van der Waals surface area contributed by atoms with Crippen LogP contribution >= 0.6 is 0 Å². The van der Waals surface area contributed by atoms with Gasteiger partial charge in [-0.1, -0.05) is 13.0 Å². The second-order valence-corrected chi connectivity index (χ2v) is 7.03. The molecule has 0 aliphatic heterocycles. The van der Waals surface area contributed by atoms with E-state index in [2.05, 4.69) is 0 Å². The van der Waals surface area contributed by atoms with Gasteiger partial charge in [0.2, 0.25) is 10.0 Å². The summed E-state index contributed by atoms with van der Waals surface area (Å²) in [6, 6.07) is 3.97. The van der Waals surface area contributed by atoms with Crippen molar-refractivity contribution in [1.29, 1.82) is 0 Å². The highest BCUT2D eigenvalue weighted by Gasteiger charge is 2.26. The quantitative estimate of drug-likeness (QED) is 0.783. The minimum atomic E-state index is -3.83. The van der Waals surface area contributed by atoms with Gasteiger partial charge in [0, 0.05) is 19.6 Å². The fourth-order valence-corrected chi connectivity index (χ4v) is 3.63. The minimum absolute atomic E-state index is 0.176. The van der Waals surface area contributed by atoms with Gasteiger partial charge in [-0.25, -0.2) is 12.8 Å². The van der Waals surface area contributed by atoms with E-state index in [0.29, 0.717) is 25.1 Å². The molecule has 2 N–H and O–H groups in total. The molecule has 0 aliphatic rings. The summed E-state index contributed by atoms with van der Waals surface area (Å²) in [5, 5.41) is 0. The molecule has 0 bridgehead atoms. The molecule has 0 aliphatic carbocycles. The first-order valence-corrected chi connectivity index (χ1v) is 8.40. The number of benzene rings is 1. The minimum Gasteiger partial charge on any atom is -0.326 e. The molecule has 1 aromatic carbocycles. The average Bonchev–Trinajstić information content (AvgIpc) is 2.43. The maximum Gasteiger partial charge on any atom is 0.245 e. The highest BCUT2D eigenvalue weighted by molar-refractivity contribution is 7.89. The van der Waals surface area contributed by atoms with Crippen LogP contribution in [0.4, 0.5) is 4.39 Å². The van der Waals surface area contributed by atoms with E-state index in [0.717, 1.165) is 12.6 Å². The fraction of sp³-hybridized carbons (Fsp3) is 0.571. The summed E-state index contributed by atoms with van der Waals surface area (Å²) in [6.45, 7) is 3.37. The molecule has 0 spiro atoms. The van der Waals surface area contributed by atoms with Gasteiger partial charge in [-0.2, -0.15) is 4.31 Å². The first-order valence-electron chi connectivity index (χ1n) is 6.96. The molecule has 5 nitrogen and oxygen atoms in total. The van der Waals surface area contributed by atoms with Gasteiger partial charge in [0.1, 0.15) is 10.7 Å². The van der Waals surface area contributed by atoms with Gasteiger partial charge < -0.3 is 10.6 Å². The van der Waals surface area contributed by atoms with Crippen molar-refractivity contribution in [2.45, 2.75) is 24.8 Å². The number of hydrogen-bond acceptors (Lipinski definition) is 4. The first kappa shape index (κ1) is 18.0. The zero-order chi connectivity index (χ0) is 16.0. The zero-order valence-electron chi connectivity index (χ0n) is 12.8. The molecule has 0 saturated carbocycles. The van der Waals surface area contributed by atoms with Crippen molar-refractivity contribution < 1.29 is 12.8 Å². The van der Waals surface area contributed by atoms with Crippen LogP contribution in [0.25, 0.3) is 0 Å². The first-order chi connectivity index (χ1) is 9.82. The van der Waals surface area contributed by atoms with Crippen LogP contribution in [-0.4, -0.2) is 51.4 Å². The molecule has 7 heteroatoms. The van der Waals surface area contributed by atoms with Gasteiger partial charge in [-0.05, 0) is 44.8 Å². The van der Waals surface area contributed by atoms with E-state index in [1.54, 1.807) is 6.92 Å². The summed E-state index contributed by atoms with van der Waals surface area (Å²) in [7, 11) is 0.0235. The number of sulfonamides is 1. The molecule has 0 atom stereocenters. The second kappa shape index (κ2) is 7.84. The Morgan fingerprint density at radius 2 is 1.90 bits per heavy atom. The van der Waals surface area contributed by atoms with E-state index in [-0.39, 0.29) is 11.4 Å². The summed E-state index contributed by atoms with van der Waals surface area (Å²) in [5.41, 5.74) is 6.09. The van der Waals surface area contributed by atoms with Crippen molar-refractivity contribution in [1.82, 2.24) is 9.21 Å². The number of hydrogen-bond donors (Lipinski definition) is 1. The highest BCUT2D eigenvalue weighted by atomic mass is 32.2. The van der Waals surface area contributed by atoms with Crippen LogP contribution in [0, 0.1) is 5.82 Å². The van der Waals surface area contributed by atoms with Crippen molar-refractivity contribution in [3.05, 3.63) is 29.6 Å². The Morgan fingerprint density at radius 3 is 2.43 bits per heavy atom. The molecule has 0 aromatic heterocycles. The third-order valence-electron chi connectivity index (χ3n) is 3.21. The third-order valence-corrected chi connectivity index (χ3v) is 5.20. The molecule has 21 heavy (non-hydrogen) atoms. The van der Waals surface area contributed by atoms with Gasteiger partial charge in [0.05, 0.1) is 0 Å². The predicted molar refractivity (Wildman–Crippen MR) is 81.9 cm³/mol. The molecule has 0 radical (unpaired) electrons. The summed E-state index contributed by atoms with van der Waals surface area (Å²) >= 11 is 0. The molecule has 0 unspecified atom stereocenters. The lowest BCUT2D eigenvalue weighted by atomic mass is 10.2. The topological polar surface area (TPSA) is 66.6 Å². The molecule has 1 aromatic rings. The Balaban J connectivity index is 3.01. The van der Waals surface area contributed by atoms with Crippen molar-refractivity contribution in [3.63, 3.8) is 0 Å². The number of halogens is 1. The fourth-order valence-electron chi connectivity index (χ4n) is 2.02. The lowest BCUT2D eigenvalue weighted by Gasteiger charge is -2.22. The number of nitrogens with two attached hydrogens (primary N) is 1. The Morgan fingerprint density at radius 1 is 1.24 bits per heavy atom. The lowest BCUT2D eigenvalue weighted by molar-refractivity contribution is 0.355. The van der Waals surface area contributed by atoms with Crippen molar-refractivity contribution in [2.24, 2.45) is 5.73 Å². The van der Waals surface area contributed by atoms with Crippen molar-refractivity contribution in [2.75, 3.05) is 33.7 Å². The maximum atomic E-state index is 13.9. The molecular weight excluding hydrogens is 293 g/mol. The Bertz CT molecular complexity index is 561. The van der Waals surface area contributed by atoms with E-state index in [1.165, 1.54) is 16.4 Å². The van der Waals surface area contributed by atoms with Gasteiger partial charge in [-0.15, -0.1) is 0 Å². The summed E-state index contributed by atoms with van der Waals surface area (Å²) in [6.07, 6.45) is 0.693. The third kappa shape index (κ3) is 4.74. The van der Waals surface area contributed by atoms with E-state index in [9.17, 15) is 12.8 Å². The predicted octanol–water partition coefficient (Wildman–Crippen LogP) is 1.25.